The third-order valence-corrected chi connectivity index (χ3v) is 6.19. The van der Waals surface area contributed by atoms with E-state index in [-0.39, 0.29) is 0 Å². The lowest BCUT2D eigenvalue weighted by molar-refractivity contribution is 0.638. The molecule has 0 spiro atoms. The number of nitrogens with zero attached hydrogens (tertiary/aromatic N) is 4. The fourth-order valence-electron chi connectivity index (χ4n) is 3.51. The van der Waals surface area contributed by atoms with Crippen molar-refractivity contribution in [1.29, 1.82) is 0 Å². The molecule has 0 aliphatic heterocycles. The molecule has 0 bridgehead atoms. The average Bonchev–Trinajstić information content (AvgIpc) is 3.20. The van der Waals surface area contributed by atoms with Gasteiger partial charge in [-0.3, -0.25) is 19.3 Å². The van der Waals surface area contributed by atoms with E-state index in [9.17, 15) is 9.59 Å². The maximum absolute atomic E-state index is 13.5. The van der Waals surface area contributed by atoms with Crippen LogP contribution in [0.1, 0.15) is 18.2 Å². The molecular formula is C23H19ClN4O2S. The summed E-state index contributed by atoms with van der Waals surface area (Å²) in [5.41, 5.74) is 1.29. The third kappa shape index (κ3) is 3.56. The number of fused-ring (bicyclic) bond motifs is 2. The highest BCUT2D eigenvalue weighted by molar-refractivity contribution is 7.20. The fraction of sp³-hybridized carbons (Fsp3) is 0.130. The number of thiophene rings is 1. The molecule has 8 heteroatoms. The summed E-state index contributed by atoms with van der Waals surface area (Å²) in [6.07, 6.45) is 8.85. The Balaban J connectivity index is 2.12. The molecule has 6 nitrogen and oxygen atoms in total. The summed E-state index contributed by atoms with van der Waals surface area (Å²) in [6.45, 7) is 9.96. The number of aromatic nitrogens is 4. The van der Waals surface area contributed by atoms with Gasteiger partial charge in [-0.15, -0.1) is 11.3 Å². The Morgan fingerprint density at radius 3 is 2.84 bits per heavy atom. The second kappa shape index (κ2) is 8.45. The van der Waals surface area contributed by atoms with Crippen LogP contribution >= 0.6 is 22.9 Å². The molecule has 0 fully saturated rings. The highest BCUT2D eigenvalue weighted by Crippen LogP contribution is 2.33. The molecule has 4 rings (SSSR count). The molecule has 0 saturated heterocycles. The minimum atomic E-state index is -0.428. The molecular weight excluding hydrogens is 432 g/mol. The first kappa shape index (κ1) is 21.0. The van der Waals surface area contributed by atoms with Gasteiger partial charge in [-0.05, 0) is 24.6 Å². The Kier molecular flexibility index (Phi) is 5.71. The molecule has 0 saturated carbocycles. The molecule has 0 N–H and O–H groups in total. The van der Waals surface area contributed by atoms with Crippen molar-refractivity contribution in [2.75, 3.05) is 0 Å². The number of aryl methyl sites for hydroxylation is 1. The Labute approximate surface area is 187 Å². The molecule has 31 heavy (non-hydrogen) atoms. The van der Waals surface area contributed by atoms with Crippen LogP contribution in [0, 0.1) is 0 Å². The zero-order valence-electron chi connectivity index (χ0n) is 16.8. The zero-order chi connectivity index (χ0) is 22.1. The summed E-state index contributed by atoms with van der Waals surface area (Å²) in [6, 6.07) is 5.44. The summed E-state index contributed by atoms with van der Waals surface area (Å²) < 4.78 is 3.22. The van der Waals surface area contributed by atoms with Crippen LogP contribution in [0.15, 0.2) is 76.7 Å². The van der Waals surface area contributed by atoms with Crippen LogP contribution < -0.4 is 11.2 Å². The second-order valence-electron chi connectivity index (χ2n) is 6.85. The maximum atomic E-state index is 13.5. The lowest BCUT2D eigenvalue weighted by atomic mass is 10.2. The standard InChI is InChI=1S/C23H19ClN4O2S/c1-4-7-16(14(3)24)19-11-17-21(31-19)22(29)28(23(30)27(17)10-5-2)18-13-25-12-15-8-6-9-26-20(15)18/h4,6-9,11-13H,1,3,5,10H2,2H3/b16-7+. The monoisotopic (exact) mass is 450 g/mol. The quantitative estimate of drug-likeness (QED) is 0.392. The molecule has 4 aromatic rings. The van der Waals surface area contributed by atoms with Crippen molar-refractivity contribution in [2.45, 2.75) is 19.9 Å². The van der Waals surface area contributed by atoms with Gasteiger partial charge >= 0.3 is 5.69 Å². The first-order valence-corrected chi connectivity index (χ1v) is 10.8. The fourth-order valence-corrected chi connectivity index (χ4v) is 4.87. The molecule has 4 aromatic heterocycles. The van der Waals surface area contributed by atoms with Crippen molar-refractivity contribution in [1.82, 2.24) is 19.1 Å². The van der Waals surface area contributed by atoms with Crippen LogP contribution in [0.2, 0.25) is 0 Å². The van der Waals surface area contributed by atoms with Crippen molar-refractivity contribution in [3.8, 4) is 5.69 Å². The predicted octanol–water partition coefficient (Wildman–Crippen LogP) is 4.89. The number of rotatable bonds is 6. The predicted molar refractivity (Wildman–Crippen MR) is 128 cm³/mol. The van der Waals surface area contributed by atoms with Crippen LogP contribution in [0.3, 0.4) is 0 Å². The van der Waals surface area contributed by atoms with Gasteiger partial charge < -0.3 is 0 Å². The highest BCUT2D eigenvalue weighted by atomic mass is 35.5. The van der Waals surface area contributed by atoms with E-state index in [0.29, 0.717) is 38.6 Å². The molecule has 0 amide bonds. The summed E-state index contributed by atoms with van der Waals surface area (Å²) in [4.78, 5) is 36.3. The zero-order valence-corrected chi connectivity index (χ0v) is 18.4. The number of hydrogen-bond donors (Lipinski definition) is 0. The van der Waals surface area contributed by atoms with Gasteiger partial charge in [0.15, 0.2) is 0 Å². The van der Waals surface area contributed by atoms with Gasteiger partial charge in [0, 0.05) is 39.8 Å². The second-order valence-corrected chi connectivity index (χ2v) is 8.36. The van der Waals surface area contributed by atoms with E-state index in [1.165, 1.54) is 17.5 Å². The summed E-state index contributed by atoms with van der Waals surface area (Å²) >= 11 is 7.44. The topological polar surface area (TPSA) is 69.8 Å². The Morgan fingerprint density at radius 2 is 2.13 bits per heavy atom. The van der Waals surface area contributed by atoms with Gasteiger partial charge in [0.2, 0.25) is 0 Å². The summed E-state index contributed by atoms with van der Waals surface area (Å²) in [5.74, 6) is 0. The van der Waals surface area contributed by atoms with Crippen molar-refractivity contribution in [3.63, 3.8) is 0 Å². The molecule has 0 atom stereocenters. The Morgan fingerprint density at radius 1 is 1.32 bits per heavy atom. The van der Waals surface area contributed by atoms with Crippen LogP contribution in [0.25, 0.3) is 32.4 Å². The Hall–Kier alpha value is -3.29. The number of hydrogen-bond acceptors (Lipinski definition) is 5. The molecule has 0 radical (unpaired) electrons. The normalized spacial score (nSPS) is 11.9. The molecule has 4 heterocycles. The number of allylic oxidation sites excluding steroid dienone is 4. The van der Waals surface area contributed by atoms with E-state index >= 15 is 0 Å². The first-order chi connectivity index (χ1) is 15.0. The van der Waals surface area contributed by atoms with E-state index in [4.69, 9.17) is 11.6 Å². The highest BCUT2D eigenvalue weighted by Gasteiger charge is 2.20. The third-order valence-electron chi connectivity index (χ3n) is 4.85. The van der Waals surface area contributed by atoms with Gasteiger partial charge in [0.05, 0.1) is 22.9 Å². The van der Waals surface area contributed by atoms with Crippen LogP contribution in [-0.4, -0.2) is 19.1 Å². The SMILES string of the molecule is C=C/C=C(\C(=C)Cl)c1cc2c(s1)c(=O)n(-c1cncc3cccnc13)c(=O)n2CCC. The van der Waals surface area contributed by atoms with Crippen molar-refractivity contribution in [2.24, 2.45) is 0 Å². The van der Waals surface area contributed by atoms with Gasteiger partial charge in [-0.25, -0.2) is 9.36 Å². The van der Waals surface area contributed by atoms with E-state index in [2.05, 4.69) is 23.1 Å². The van der Waals surface area contributed by atoms with Crippen LogP contribution in [0.4, 0.5) is 0 Å². The van der Waals surface area contributed by atoms with Gasteiger partial charge in [0.1, 0.15) is 4.70 Å². The Bertz CT molecular complexity index is 1490. The average molecular weight is 451 g/mol. The van der Waals surface area contributed by atoms with Crippen molar-refractivity contribution in [3.05, 3.63) is 92.8 Å². The van der Waals surface area contributed by atoms with E-state index in [1.807, 2.05) is 19.1 Å². The largest absolute Gasteiger partial charge is 0.336 e. The maximum Gasteiger partial charge on any atom is 0.336 e. The van der Waals surface area contributed by atoms with E-state index < -0.39 is 11.2 Å². The lowest BCUT2D eigenvalue weighted by Crippen LogP contribution is -2.38. The number of pyridine rings is 2. The minimum absolute atomic E-state index is 0.332. The van der Waals surface area contributed by atoms with E-state index in [0.717, 1.165) is 21.3 Å². The lowest BCUT2D eigenvalue weighted by Gasteiger charge is -2.12. The smallest absolute Gasteiger partial charge is 0.292 e. The summed E-state index contributed by atoms with van der Waals surface area (Å²) in [7, 11) is 0. The number of halogens is 1. The molecule has 156 valence electrons. The summed E-state index contributed by atoms with van der Waals surface area (Å²) in [5, 5.41) is 1.08. The molecule has 0 aliphatic rings. The van der Waals surface area contributed by atoms with Gasteiger partial charge in [0.25, 0.3) is 5.56 Å². The molecule has 0 aliphatic carbocycles. The molecule has 0 unspecified atom stereocenters. The van der Waals surface area contributed by atoms with Crippen molar-refractivity contribution < 1.29 is 0 Å². The van der Waals surface area contributed by atoms with E-state index in [1.54, 1.807) is 35.2 Å². The van der Waals surface area contributed by atoms with Gasteiger partial charge in [-0.2, -0.15) is 0 Å². The van der Waals surface area contributed by atoms with Crippen LogP contribution in [-0.2, 0) is 6.54 Å². The minimum Gasteiger partial charge on any atom is -0.292 e. The van der Waals surface area contributed by atoms with Gasteiger partial charge in [-0.1, -0.05) is 43.8 Å². The van der Waals surface area contributed by atoms with Crippen LogP contribution in [0.5, 0.6) is 0 Å². The van der Waals surface area contributed by atoms with Crippen molar-refractivity contribution >= 4 is 49.6 Å². The molecule has 0 aromatic carbocycles. The first-order valence-electron chi connectivity index (χ1n) is 9.64.